The van der Waals surface area contributed by atoms with Crippen molar-refractivity contribution in [3.63, 3.8) is 0 Å². The molecule has 0 spiro atoms. The highest BCUT2D eigenvalue weighted by atomic mass is 32.2. The number of carbonyl (C=O) groups is 1. The first-order valence-corrected chi connectivity index (χ1v) is 8.79. The average molecular weight is 385 g/mol. The third-order valence-corrected chi connectivity index (χ3v) is 4.47. The molecule has 0 saturated heterocycles. The van der Waals surface area contributed by atoms with Crippen LogP contribution in [-0.2, 0) is 4.79 Å². The van der Waals surface area contributed by atoms with E-state index in [-0.39, 0.29) is 23.0 Å². The van der Waals surface area contributed by atoms with Gasteiger partial charge in [-0.3, -0.25) is 14.7 Å². The molecule has 0 bridgehead atoms. The smallest absolute Gasteiger partial charge is 0.266 e. The van der Waals surface area contributed by atoms with Crippen molar-refractivity contribution in [2.75, 3.05) is 11.1 Å². The molecule has 3 heterocycles. The van der Waals surface area contributed by atoms with Crippen molar-refractivity contribution in [1.82, 2.24) is 19.6 Å². The zero-order valence-corrected chi connectivity index (χ0v) is 14.5. The zero-order chi connectivity index (χ0) is 18.8. The lowest BCUT2D eigenvalue weighted by Gasteiger charge is -2.07. The second kappa shape index (κ2) is 7.08. The predicted molar refractivity (Wildman–Crippen MR) is 97.1 cm³/mol. The van der Waals surface area contributed by atoms with Crippen molar-refractivity contribution in [2.45, 2.75) is 5.16 Å². The number of aromatic amines is 1. The Kier molecular flexibility index (Phi) is 4.47. The van der Waals surface area contributed by atoms with Gasteiger partial charge < -0.3 is 9.73 Å². The van der Waals surface area contributed by atoms with E-state index in [2.05, 4.69) is 20.4 Å². The molecule has 4 rings (SSSR count). The Balaban J connectivity index is 1.56. The molecule has 1 aromatic carbocycles. The molecule has 1 amide bonds. The number of carbonyl (C=O) groups excluding carboxylic acids is 1. The maximum Gasteiger partial charge on any atom is 0.266 e. The van der Waals surface area contributed by atoms with Crippen LogP contribution in [0, 0.1) is 5.82 Å². The molecule has 0 aliphatic carbocycles. The number of amides is 1. The van der Waals surface area contributed by atoms with E-state index in [0.29, 0.717) is 28.1 Å². The predicted octanol–water partition coefficient (Wildman–Crippen LogP) is 2.55. The number of hydrogen-bond acceptors (Lipinski definition) is 6. The van der Waals surface area contributed by atoms with Gasteiger partial charge in [0.1, 0.15) is 5.82 Å². The van der Waals surface area contributed by atoms with Crippen molar-refractivity contribution in [3.05, 3.63) is 64.9 Å². The number of benzene rings is 1. The van der Waals surface area contributed by atoms with Crippen LogP contribution in [0.3, 0.4) is 0 Å². The molecule has 0 saturated carbocycles. The Morgan fingerprint density at radius 2 is 2.07 bits per heavy atom. The lowest BCUT2D eigenvalue weighted by Crippen LogP contribution is -2.15. The molecule has 4 aromatic rings. The molecule has 8 nitrogen and oxygen atoms in total. The van der Waals surface area contributed by atoms with Gasteiger partial charge in [0.2, 0.25) is 5.91 Å². The Bertz CT molecular complexity index is 1150. The number of fused-ring (bicyclic) bond motifs is 1. The molecule has 0 unspecified atom stereocenters. The lowest BCUT2D eigenvalue weighted by molar-refractivity contribution is -0.113. The second-order valence-corrected chi connectivity index (χ2v) is 6.41. The van der Waals surface area contributed by atoms with Crippen LogP contribution in [0.15, 0.2) is 63.1 Å². The Morgan fingerprint density at radius 1 is 1.26 bits per heavy atom. The molecule has 3 aromatic heterocycles. The van der Waals surface area contributed by atoms with Crippen LogP contribution >= 0.6 is 11.8 Å². The van der Waals surface area contributed by atoms with Gasteiger partial charge in [0.15, 0.2) is 22.4 Å². The second-order valence-electron chi connectivity index (χ2n) is 5.46. The fraction of sp³-hybridized carbons (Fsp3) is 0.0588. The zero-order valence-electron chi connectivity index (χ0n) is 13.7. The summed E-state index contributed by atoms with van der Waals surface area (Å²) in [6, 6.07) is 10.2. The summed E-state index contributed by atoms with van der Waals surface area (Å²) in [7, 11) is 0. The fourth-order valence-electron chi connectivity index (χ4n) is 2.36. The topological polar surface area (TPSA) is 105 Å². The van der Waals surface area contributed by atoms with Gasteiger partial charge in [-0.05, 0) is 36.4 Å². The fourth-order valence-corrected chi connectivity index (χ4v) is 3.11. The molecule has 10 heteroatoms. The number of hydrogen-bond donors (Lipinski definition) is 2. The minimum Gasteiger partial charge on any atom is -0.461 e. The number of furan rings is 1. The summed E-state index contributed by atoms with van der Waals surface area (Å²) in [6.45, 7) is 0. The van der Waals surface area contributed by atoms with E-state index >= 15 is 0 Å². The summed E-state index contributed by atoms with van der Waals surface area (Å²) < 4.78 is 19.6. The van der Waals surface area contributed by atoms with Gasteiger partial charge in [-0.2, -0.15) is 4.98 Å². The standard InChI is InChI=1S/C17H12FN5O3S/c18-10-3-5-11(6-4-10)19-15(25)9-27-17-21-16(12-2-1-7-26-12)20-13-8-14(24)22-23(13)17/h1-8H,9H2,(H,19,25)(H,22,24). The first kappa shape index (κ1) is 17.0. The van der Waals surface area contributed by atoms with Crippen LogP contribution < -0.4 is 10.9 Å². The Morgan fingerprint density at radius 3 is 2.81 bits per heavy atom. The summed E-state index contributed by atoms with van der Waals surface area (Å²) in [6.07, 6.45) is 1.50. The number of halogens is 1. The van der Waals surface area contributed by atoms with E-state index in [4.69, 9.17) is 4.42 Å². The normalized spacial score (nSPS) is 11.0. The van der Waals surface area contributed by atoms with Gasteiger partial charge in [0.05, 0.1) is 12.0 Å². The highest BCUT2D eigenvalue weighted by molar-refractivity contribution is 7.99. The van der Waals surface area contributed by atoms with Crippen LogP contribution in [0.1, 0.15) is 0 Å². The first-order chi connectivity index (χ1) is 13.1. The van der Waals surface area contributed by atoms with E-state index in [1.165, 1.54) is 41.1 Å². The van der Waals surface area contributed by atoms with Crippen LogP contribution in [-0.4, -0.2) is 31.2 Å². The summed E-state index contributed by atoms with van der Waals surface area (Å²) in [5.41, 5.74) is 0.516. The molecule has 0 aliphatic rings. The maximum absolute atomic E-state index is 12.9. The molecule has 0 radical (unpaired) electrons. The lowest BCUT2D eigenvalue weighted by atomic mass is 10.3. The molecule has 0 atom stereocenters. The van der Waals surface area contributed by atoms with Crippen LogP contribution in [0.25, 0.3) is 17.2 Å². The van der Waals surface area contributed by atoms with Crippen molar-refractivity contribution >= 4 is 29.0 Å². The average Bonchev–Trinajstić information content (AvgIpc) is 3.30. The van der Waals surface area contributed by atoms with Gasteiger partial charge in [-0.1, -0.05) is 11.8 Å². The van der Waals surface area contributed by atoms with Crippen LogP contribution in [0.5, 0.6) is 0 Å². The number of H-pyrrole nitrogens is 1. The van der Waals surface area contributed by atoms with Crippen molar-refractivity contribution in [3.8, 4) is 11.6 Å². The van der Waals surface area contributed by atoms with Gasteiger partial charge in [0.25, 0.3) is 5.56 Å². The van der Waals surface area contributed by atoms with E-state index in [1.54, 1.807) is 12.1 Å². The Labute approximate surface area is 155 Å². The first-order valence-electron chi connectivity index (χ1n) is 7.80. The van der Waals surface area contributed by atoms with E-state index < -0.39 is 0 Å². The number of anilines is 1. The molecule has 2 N–H and O–H groups in total. The minimum absolute atomic E-state index is 0.0291. The van der Waals surface area contributed by atoms with Crippen molar-refractivity contribution in [1.29, 1.82) is 0 Å². The van der Waals surface area contributed by atoms with Crippen molar-refractivity contribution < 1.29 is 13.6 Å². The monoisotopic (exact) mass is 385 g/mol. The third-order valence-electron chi connectivity index (χ3n) is 3.53. The molecular formula is C17H12FN5O3S. The molecular weight excluding hydrogens is 373 g/mol. The number of aromatic nitrogens is 4. The number of thioether (sulfide) groups is 1. The molecule has 0 aliphatic heterocycles. The largest absolute Gasteiger partial charge is 0.461 e. The van der Waals surface area contributed by atoms with Crippen LogP contribution in [0.2, 0.25) is 0 Å². The minimum atomic E-state index is -0.382. The summed E-state index contributed by atoms with van der Waals surface area (Å²) in [4.78, 5) is 32.5. The highest BCUT2D eigenvalue weighted by Crippen LogP contribution is 2.22. The van der Waals surface area contributed by atoms with Crippen molar-refractivity contribution in [2.24, 2.45) is 0 Å². The van der Waals surface area contributed by atoms with Crippen LogP contribution in [0.4, 0.5) is 10.1 Å². The highest BCUT2D eigenvalue weighted by Gasteiger charge is 2.14. The van der Waals surface area contributed by atoms with Gasteiger partial charge in [-0.15, -0.1) is 0 Å². The van der Waals surface area contributed by atoms with Gasteiger partial charge in [0, 0.05) is 11.8 Å². The quantitative estimate of drug-likeness (QED) is 0.512. The van der Waals surface area contributed by atoms with Gasteiger partial charge >= 0.3 is 0 Å². The maximum atomic E-state index is 12.9. The van der Waals surface area contributed by atoms with E-state index in [1.807, 2.05) is 0 Å². The van der Waals surface area contributed by atoms with E-state index in [9.17, 15) is 14.0 Å². The van der Waals surface area contributed by atoms with E-state index in [0.717, 1.165) is 11.8 Å². The summed E-state index contributed by atoms with van der Waals surface area (Å²) in [5.74, 6) is 0.103. The van der Waals surface area contributed by atoms with Gasteiger partial charge in [-0.25, -0.2) is 13.9 Å². The Hall–Kier alpha value is -3.40. The summed E-state index contributed by atoms with van der Waals surface area (Å²) in [5, 5.41) is 5.63. The number of nitrogens with zero attached hydrogens (tertiary/aromatic N) is 3. The molecule has 0 fully saturated rings. The molecule has 27 heavy (non-hydrogen) atoms. The summed E-state index contributed by atoms with van der Waals surface area (Å²) >= 11 is 1.12. The molecule has 136 valence electrons. The SMILES string of the molecule is O=C(CSc1nc(-c2ccco2)nc2cc(=O)[nH]n12)Nc1ccc(F)cc1. The third kappa shape index (κ3) is 3.75. The number of rotatable bonds is 5. The number of nitrogens with one attached hydrogen (secondary N) is 2.